The van der Waals surface area contributed by atoms with Crippen molar-refractivity contribution in [1.82, 2.24) is 9.55 Å². The van der Waals surface area contributed by atoms with E-state index in [4.69, 9.17) is 21.3 Å². The van der Waals surface area contributed by atoms with Crippen molar-refractivity contribution in [2.24, 2.45) is 0 Å². The van der Waals surface area contributed by atoms with Crippen LogP contribution in [0.15, 0.2) is 41.2 Å². The average molecular weight is 286 g/mol. The first-order valence-electron chi connectivity index (χ1n) is 6.24. The van der Waals surface area contributed by atoms with Crippen LogP contribution in [0.4, 0.5) is 0 Å². The van der Waals surface area contributed by atoms with E-state index >= 15 is 0 Å². The summed E-state index contributed by atoms with van der Waals surface area (Å²) in [5, 5.41) is 8.83. The Morgan fingerprint density at radius 2 is 2.30 bits per heavy atom. The van der Waals surface area contributed by atoms with Crippen molar-refractivity contribution in [2.75, 3.05) is 0 Å². The molecule has 20 heavy (non-hydrogen) atoms. The van der Waals surface area contributed by atoms with Crippen LogP contribution in [0.1, 0.15) is 29.3 Å². The van der Waals surface area contributed by atoms with Crippen LogP contribution < -0.4 is 0 Å². The molecule has 0 N–H and O–H groups in total. The van der Waals surface area contributed by atoms with Gasteiger partial charge in [0.2, 0.25) is 0 Å². The normalized spacial score (nSPS) is 12.4. The lowest BCUT2D eigenvalue weighted by Gasteiger charge is -2.09. The van der Waals surface area contributed by atoms with Crippen LogP contribution in [0.25, 0.3) is 11.0 Å². The number of furan rings is 1. The molecule has 0 bridgehead atoms. The molecule has 3 aromatic rings. The molecule has 0 aliphatic rings. The van der Waals surface area contributed by atoms with Gasteiger partial charge in [-0.25, -0.2) is 4.98 Å². The number of benzene rings is 1. The predicted octanol–water partition coefficient (Wildman–Crippen LogP) is 3.85. The summed E-state index contributed by atoms with van der Waals surface area (Å²) in [5.41, 5.74) is 3.40. The standard InChI is InChI=1S/C15H12ClN3O/c1-10(16)15-18-13-3-2-11(7-17)6-14(13)19(15)8-12-4-5-20-9-12/h2-6,9-10H,8H2,1H3. The van der Waals surface area contributed by atoms with Gasteiger partial charge in [-0.2, -0.15) is 5.26 Å². The van der Waals surface area contributed by atoms with Crippen LogP contribution in [0.5, 0.6) is 0 Å². The second-order valence-electron chi connectivity index (χ2n) is 4.62. The fourth-order valence-electron chi connectivity index (χ4n) is 2.25. The zero-order valence-corrected chi connectivity index (χ0v) is 11.6. The quantitative estimate of drug-likeness (QED) is 0.687. The van der Waals surface area contributed by atoms with Crippen molar-refractivity contribution in [3.05, 3.63) is 53.7 Å². The molecule has 1 unspecified atom stereocenters. The van der Waals surface area contributed by atoms with Crippen molar-refractivity contribution < 1.29 is 4.42 Å². The summed E-state index contributed by atoms with van der Waals surface area (Å²) in [5.74, 6) is 0.790. The van der Waals surface area contributed by atoms with Crippen LogP contribution in [-0.4, -0.2) is 9.55 Å². The Bertz CT molecular complexity index is 781. The van der Waals surface area contributed by atoms with Gasteiger partial charge in [0.1, 0.15) is 5.82 Å². The lowest BCUT2D eigenvalue weighted by atomic mass is 10.2. The van der Waals surface area contributed by atoms with Gasteiger partial charge in [-0.05, 0) is 31.2 Å². The van der Waals surface area contributed by atoms with Crippen molar-refractivity contribution in [1.29, 1.82) is 5.26 Å². The maximum Gasteiger partial charge on any atom is 0.128 e. The van der Waals surface area contributed by atoms with Crippen molar-refractivity contribution in [3.63, 3.8) is 0 Å². The number of hydrogen-bond acceptors (Lipinski definition) is 3. The Kier molecular flexibility index (Phi) is 3.21. The SMILES string of the molecule is CC(Cl)c1nc2ccc(C#N)cc2n1Cc1ccoc1. The van der Waals surface area contributed by atoms with E-state index in [0.717, 1.165) is 22.4 Å². The van der Waals surface area contributed by atoms with E-state index in [-0.39, 0.29) is 5.38 Å². The second kappa shape index (κ2) is 5.03. The number of hydrogen-bond donors (Lipinski definition) is 0. The summed E-state index contributed by atoms with van der Waals surface area (Å²) in [6.07, 6.45) is 3.33. The maximum atomic E-state index is 9.04. The molecule has 3 rings (SSSR count). The molecule has 1 aromatic carbocycles. The fraction of sp³-hybridized carbons (Fsp3) is 0.200. The molecule has 0 radical (unpaired) electrons. The van der Waals surface area contributed by atoms with E-state index in [2.05, 4.69) is 11.1 Å². The Morgan fingerprint density at radius 1 is 1.45 bits per heavy atom. The van der Waals surface area contributed by atoms with Crippen molar-refractivity contribution in [3.8, 4) is 6.07 Å². The first-order valence-corrected chi connectivity index (χ1v) is 6.68. The topological polar surface area (TPSA) is 54.8 Å². The molecular weight excluding hydrogens is 274 g/mol. The summed E-state index contributed by atoms with van der Waals surface area (Å²) >= 11 is 6.22. The Balaban J connectivity index is 2.19. The van der Waals surface area contributed by atoms with E-state index in [1.165, 1.54) is 0 Å². The smallest absolute Gasteiger partial charge is 0.128 e. The number of rotatable bonds is 3. The number of imidazole rings is 1. The predicted molar refractivity (Wildman–Crippen MR) is 76.5 cm³/mol. The zero-order chi connectivity index (χ0) is 14.1. The van der Waals surface area contributed by atoms with Crippen LogP contribution >= 0.6 is 11.6 Å². The Morgan fingerprint density at radius 3 is 2.95 bits per heavy atom. The molecule has 0 saturated carbocycles. The van der Waals surface area contributed by atoms with E-state index < -0.39 is 0 Å². The van der Waals surface area contributed by atoms with Gasteiger partial charge >= 0.3 is 0 Å². The van der Waals surface area contributed by atoms with Crippen LogP contribution in [0.2, 0.25) is 0 Å². The molecule has 0 aliphatic carbocycles. The summed E-state index contributed by atoms with van der Waals surface area (Å²) < 4.78 is 7.13. The fourth-order valence-corrected chi connectivity index (χ4v) is 2.41. The number of nitrogens with zero attached hydrogens (tertiary/aromatic N) is 3. The van der Waals surface area contributed by atoms with E-state index in [0.29, 0.717) is 12.1 Å². The number of fused-ring (bicyclic) bond motifs is 1. The highest BCUT2D eigenvalue weighted by Gasteiger charge is 2.16. The molecule has 5 heteroatoms. The van der Waals surface area contributed by atoms with E-state index in [9.17, 15) is 0 Å². The molecule has 0 amide bonds. The van der Waals surface area contributed by atoms with Crippen LogP contribution in [0, 0.1) is 11.3 Å². The molecule has 0 spiro atoms. The maximum absolute atomic E-state index is 9.04. The summed E-state index contributed by atoms with van der Waals surface area (Å²) in [4.78, 5) is 4.56. The summed E-state index contributed by atoms with van der Waals surface area (Å²) in [6.45, 7) is 2.51. The average Bonchev–Trinajstić information content (AvgIpc) is 3.07. The minimum atomic E-state index is -0.208. The Labute approximate surface area is 121 Å². The van der Waals surface area contributed by atoms with Gasteiger partial charge in [-0.15, -0.1) is 11.6 Å². The third-order valence-electron chi connectivity index (χ3n) is 3.18. The van der Waals surface area contributed by atoms with Crippen molar-refractivity contribution >= 4 is 22.6 Å². The largest absolute Gasteiger partial charge is 0.472 e. The first-order chi connectivity index (χ1) is 9.69. The lowest BCUT2D eigenvalue weighted by molar-refractivity contribution is 0.562. The van der Waals surface area contributed by atoms with Gasteiger partial charge in [0.25, 0.3) is 0 Å². The highest BCUT2D eigenvalue weighted by atomic mass is 35.5. The highest BCUT2D eigenvalue weighted by molar-refractivity contribution is 6.20. The minimum Gasteiger partial charge on any atom is -0.472 e. The minimum absolute atomic E-state index is 0.208. The third kappa shape index (κ3) is 2.17. The van der Waals surface area contributed by atoms with Gasteiger partial charge < -0.3 is 8.98 Å². The number of nitriles is 1. The monoisotopic (exact) mass is 285 g/mol. The first kappa shape index (κ1) is 12.8. The van der Waals surface area contributed by atoms with Gasteiger partial charge in [0.15, 0.2) is 0 Å². The number of halogens is 1. The Hall–Kier alpha value is -2.25. The third-order valence-corrected chi connectivity index (χ3v) is 3.38. The molecule has 100 valence electrons. The van der Waals surface area contributed by atoms with Crippen LogP contribution in [-0.2, 0) is 6.54 Å². The zero-order valence-electron chi connectivity index (χ0n) is 10.9. The molecule has 0 aliphatic heterocycles. The molecule has 0 fully saturated rings. The van der Waals surface area contributed by atoms with Gasteiger partial charge in [-0.3, -0.25) is 0 Å². The van der Waals surface area contributed by atoms with Gasteiger partial charge in [0.05, 0.1) is 47.1 Å². The summed E-state index contributed by atoms with van der Waals surface area (Å²) in [7, 11) is 0. The van der Waals surface area contributed by atoms with E-state index in [1.54, 1.807) is 18.6 Å². The molecule has 4 nitrogen and oxygen atoms in total. The number of aromatic nitrogens is 2. The molecular formula is C15H12ClN3O. The number of alkyl halides is 1. The second-order valence-corrected chi connectivity index (χ2v) is 5.27. The van der Waals surface area contributed by atoms with Gasteiger partial charge in [0, 0.05) is 5.56 Å². The molecule has 1 atom stereocenters. The van der Waals surface area contributed by atoms with Crippen molar-refractivity contribution in [2.45, 2.75) is 18.8 Å². The molecule has 0 saturated heterocycles. The highest BCUT2D eigenvalue weighted by Crippen LogP contribution is 2.26. The van der Waals surface area contributed by atoms with E-state index in [1.807, 2.05) is 29.7 Å². The molecule has 2 aromatic heterocycles. The van der Waals surface area contributed by atoms with Gasteiger partial charge in [-0.1, -0.05) is 0 Å². The summed E-state index contributed by atoms with van der Waals surface area (Å²) in [6, 6.07) is 9.51. The van der Waals surface area contributed by atoms with Crippen LogP contribution in [0.3, 0.4) is 0 Å². The molecule has 2 heterocycles. The lowest BCUT2D eigenvalue weighted by Crippen LogP contribution is -2.05.